The summed E-state index contributed by atoms with van der Waals surface area (Å²) < 4.78 is 5.70. The predicted octanol–water partition coefficient (Wildman–Crippen LogP) is 3.50. The number of nitrogens with one attached hydrogen (secondary N) is 1. The van der Waals surface area contributed by atoms with Crippen molar-refractivity contribution in [2.75, 3.05) is 18.6 Å². The van der Waals surface area contributed by atoms with Crippen molar-refractivity contribution >= 4 is 5.69 Å². The first-order valence-electron chi connectivity index (χ1n) is 7.97. The molecule has 2 unspecified atom stereocenters. The highest BCUT2D eigenvalue weighted by Crippen LogP contribution is 2.27. The van der Waals surface area contributed by atoms with Gasteiger partial charge in [0.1, 0.15) is 0 Å². The Morgan fingerprint density at radius 1 is 1.33 bits per heavy atom. The van der Waals surface area contributed by atoms with Crippen LogP contribution in [-0.2, 0) is 11.3 Å². The van der Waals surface area contributed by atoms with Gasteiger partial charge in [0.05, 0.1) is 12.1 Å². The molecule has 0 spiro atoms. The van der Waals surface area contributed by atoms with Crippen molar-refractivity contribution in [2.24, 2.45) is 0 Å². The fraction of sp³-hybridized carbons (Fsp3) is 0.667. The highest BCUT2D eigenvalue weighted by molar-refractivity contribution is 5.55. The molecule has 0 amide bonds. The molecular weight excluding hydrogens is 260 g/mol. The summed E-state index contributed by atoms with van der Waals surface area (Å²) in [6, 6.07) is 7.27. The fourth-order valence-electron chi connectivity index (χ4n) is 3.00. The molecule has 118 valence electrons. The molecule has 2 rings (SSSR count). The maximum absolute atomic E-state index is 5.70. The van der Waals surface area contributed by atoms with Crippen LogP contribution in [0, 0.1) is 6.92 Å². The molecule has 1 saturated heterocycles. The van der Waals surface area contributed by atoms with E-state index in [0.29, 0.717) is 12.1 Å². The van der Waals surface area contributed by atoms with E-state index in [-0.39, 0.29) is 5.54 Å². The Balaban J connectivity index is 2.08. The van der Waals surface area contributed by atoms with Gasteiger partial charge in [0, 0.05) is 31.4 Å². The van der Waals surface area contributed by atoms with E-state index in [4.69, 9.17) is 4.74 Å². The van der Waals surface area contributed by atoms with Gasteiger partial charge in [-0.1, -0.05) is 12.1 Å². The second kappa shape index (κ2) is 6.37. The number of ether oxygens (including phenoxy) is 1. The van der Waals surface area contributed by atoms with Gasteiger partial charge in [0.25, 0.3) is 0 Å². The van der Waals surface area contributed by atoms with E-state index >= 15 is 0 Å². The van der Waals surface area contributed by atoms with Crippen molar-refractivity contribution in [3.63, 3.8) is 0 Å². The monoisotopic (exact) mass is 290 g/mol. The van der Waals surface area contributed by atoms with Gasteiger partial charge >= 0.3 is 0 Å². The molecule has 21 heavy (non-hydrogen) atoms. The molecule has 1 aromatic carbocycles. The Labute approximate surface area is 129 Å². The molecular formula is C18H30N2O. The second-order valence-corrected chi connectivity index (χ2v) is 7.27. The Kier molecular flexibility index (Phi) is 4.95. The van der Waals surface area contributed by atoms with Gasteiger partial charge in [0.2, 0.25) is 0 Å². The number of likely N-dealkylation sites (N-methyl/N-ethyl adjacent to an activating group) is 1. The number of hydrogen-bond acceptors (Lipinski definition) is 3. The van der Waals surface area contributed by atoms with Gasteiger partial charge < -0.3 is 15.0 Å². The summed E-state index contributed by atoms with van der Waals surface area (Å²) in [5, 5.41) is 3.54. The molecule has 1 aliphatic heterocycles. The molecule has 1 heterocycles. The third kappa shape index (κ3) is 4.21. The molecule has 1 fully saturated rings. The SMILES string of the molecule is Cc1cc(CNC(C)(C)C)ccc1N(C)C1CCOC1C. The van der Waals surface area contributed by atoms with Crippen molar-refractivity contribution in [3.05, 3.63) is 29.3 Å². The number of nitrogens with zero attached hydrogens (tertiary/aromatic N) is 1. The summed E-state index contributed by atoms with van der Waals surface area (Å²) >= 11 is 0. The van der Waals surface area contributed by atoms with Crippen LogP contribution in [0.3, 0.4) is 0 Å². The number of hydrogen-bond donors (Lipinski definition) is 1. The Hall–Kier alpha value is -1.06. The molecule has 3 nitrogen and oxygen atoms in total. The van der Waals surface area contributed by atoms with Crippen molar-refractivity contribution < 1.29 is 4.74 Å². The number of rotatable bonds is 4. The zero-order valence-electron chi connectivity index (χ0n) is 14.4. The van der Waals surface area contributed by atoms with Crippen molar-refractivity contribution in [2.45, 2.75) is 65.3 Å². The zero-order valence-corrected chi connectivity index (χ0v) is 14.4. The first-order valence-corrected chi connectivity index (χ1v) is 7.97. The fourth-order valence-corrected chi connectivity index (χ4v) is 3.00. The molecule has 0 aliphatic carbocycles. The predicted molar refractivity (Wildman–Crippen MR) is 90.0 cm³/mol. The molecule has 0 bridgehead atoms. The topological polar surface area (TPSA) is 24.5 Å². The van der Waals surface area contributed by atoms with Gasteiger partial charge in [-0.15, -0.1) is 0 Å². The molecule has 1 aliphatic rings. The smallest absolute Gasteiger partial charge is 0.0750 e. The van der Waals surface area contributed by atoms with Crippen LogP contribution in [0.4, 0.5) is 5.69 Å². The van der Waals surface area contributed by atoms with E-state index in [2.05, 4.69) is 70.1 Å². The van der Waals surface area contributed by atoms with Gasteiger partial charge in [-0.2, -0.15) is 0 Å². The lowest BCUT2D eigenvalue weighted by molar-refractivity contribution is 0.118. The lowest BCUT2D eigenvalue weighted by atomic mass is 10.0. The molecule has 3 heteroatoms. The summed E-state index contributed by atoms with van der Waals surface area (Å²) in [4.78, 5) is 2.38. The maximum Gasteiger partial charge on any atom is 0.0750 e. The van der Waals surface area contributed by atoms with Crippen LogP contribution in [0.2, 0.25) is 0 Å². The van der Waals surface area contributed by atoms with Crippen molar-refractivity contribution in [1.82, 2.24) is 5.32 Å². The maximum atomic E-state index is 5.70. The van der Waals surface area contributed by atoms with Crippen molar-refractivity contribution in [3.8, 4) is 0 Å². The number of benzene rings is 1. The summed E-state index contributed by atoms with van der Waals surface area (Å²) in [5.74, 6) is 0. The van der Waals surface area contributed by atoms with Gasteiger partial charge in [0.15, 0.2) is 0 Å². The quantitative estimate of drug-likeness (QED) is 0.918. The second-order valence-electron chi connectivity index (χ2n) is 7.27. The summed E-state index contributed by atoms with van der Waals surface area (Å²) in [5.41, 5.74) is 4.15. The van der Waals surface area contributed by atoms with Crippen molar-refractivity contribution in [1.29, 1.82) is 0 Å². The molecule has 1 aromatic rings. The molecule has 0 aromatic heterocycles. The van der Waals surface area contributed by atoms with E-state index in [0.717, 1.165) is 19.6 Å². The molecule has 1 N–H and O–H groups in total. The van der Waals surface area contributed by atoms with E-state index < -0.39 is 0 Å². The third-order valence-corrected chi connectivity index (χ3v) is 4.30. The van der Waals surface area contributed by atoms with Crippen LogP contribution in [0.1, 0.15) is 45.2 Å². The van der Waals surface area contributed by atoms with Gasteiger partial charge in [-0.3, -0.25) is 0 Å². The zero-order chi connectivity index (χ0) is 15.6. The minimum atomic E-state index is 0.153. The van der Waals surface area contributed by atoms with Crippen LogP contribution in [0.5, 0.6) is 0 Å². The standard InChI is InChI=1S/C18H30N2O/c1-13-11-15(12-19-18(3,4)5)7-8-16(13)20(6)17-9-10-21-14(17)2/h7-8,11,14,17,19H,9-10,12H2,1-6H3. The van der Waals surface area contributed by atoms with Gasteiger partial charge in [-0.05, 0) is 58.2 Å². The largest absolute Gasteiger partial charge is 0.376 e. The Bertz CT molecular complexity index is 479. The highest BCUT2D eigenvalue weighted by Gasteiger charge is 2.28. The van der Waals surface area contributed by atoms with E-state index in [9.17, 15) is 0 Å². The van der Waals surface area contributed by atoms with E-state index in [1.807, 2.05) is 0 Å². The molecule has 2 atom stereocenters. The molecule has 0 radical (unpaired) electrons. The summed E-state index contributed by atoms with van der Waals surface area (Å²) in [6.45, 7) is 12.8. The first kappa shape index (κ1) is 16.3. The van der Waals surface area contributed by atoms with E-state index in [1.54, 1.807) is 0 Å². The van der Waals surface area contributed by atoms with Gasteiger partial charge in [-0.25, -0.2) is 0 Å². The first-order chi connectivity index (χ1) is 9.78. The molecule has 0 saturated carbocycles. The number of aryl methyl sites for hydroxylation is 1. The normalized spacial score (nSPS) is 22.6. The summed E-state index contributed by atoms with van der Waals surface area (Å²) in [6.07, 6.45) is 1.43. The minimum Gasteiger partial charge on any atom is -0.376 e. The van der Waals surface area contributed by atoms with Crippen LogP contribution < -0.4 is 10.2 Å². The lowest BCUT2D eigenvalue weighted by Gasteiger charge is -2.30. The van der Waals surface area contributed by atoms with Crippen LogP contribution >= 0.6 is 0 Å². The third-order valence-electron chi connectivity index (χ3n) is 4.30. The summed E-state index contributed by atoms with van der Waals surface area (Å²) in [7, 11) is 2.19. The number of anilines is 1. The van der Waals surface area contributed by atoms with Crippen LogP contribution in [-0.4, -0.2) is 31.3 Å². The average molecular weight is 290 g/mol. The lowest BCUT2D eigenvalue weighted by Crippen LogP contribution is -2.37. The highest BCUT2D eigenvalue weighted by atomic mass is 16.5. The van der Waals surface area contributed by atoms with Crippen LogP contribution in [0.25, 0.3) is 0 Å². The minimum absolute atomic E-state index is 0.153. The van der Waals surface area contributed by atoms with E-state index in [1.165, 1.54) is 16.8 Å². The average Bonchev–Trinajstić information content (AvgIpc) is 2.81. The Morgan fingerprint density at radius 2 is 2.05 bits per heavy atom. The Morgan fingerprint density at radius 3 is 2.57 bits per heavy atom. The van der Waals surface area contributed by atoms with Crippen LogP contribution in [0.15, 0.2) is 18.2 Å².